The number of pyridine rings is 1. The van der Waals surface area contributed by atoms with Gasteiger partial charge in [0.05, 0.1) is 6.54 Å². The third kappa shape index (κ3) is 7.67. The molecule has 7 heteroatoms. The lowest BCUT2D eigenvalue weighted by molar-refractivity contribution is -0.143. The Balaban J connectivity index is 0.00000300. The van der Waals surface area contributed by atoms with Crippen molar-refractivity contribution >= 4 is 41.6 Å². The van der Waals surface area contributed by atoms with Crippen LogP contribution in [0, 0.1) is 0 Å². The molecule has 0 radical (unpaired) electrons. The molecule has 2 aromatic carbocycles. The summed E-state index contributed by atoms with van der Waals surface area (Å²) in [4.78, 5) is 15.7. The molecule has 1 aromatic heterocycles. The molecule has 0 saturated heterocycles. The van der Waals surface area contributed by atoms with Crippen molar-refractivity contribution in [3.8, 4) is 11.1 Å². The van der Waals surface area contributed by atoms with E-state index in [2.05, 4.69) is 46.7 Å². The fourth-order valence-electron chi connectivity index (χ4n) is 2.73. The van der Waals surface area contributed by atoms with Gasteiger partial charge in [0.1, 0.15) is 16.9 Å². The minimum absolute atomic E-state index is 0. The van der Waals surface area contributed by atoms with Crippen LogP contribution in [0.1, 0.15) is 11.1 Å². The Morgan fingerprint density at radius 3 is 2.17 bits per heavy atom. The molecule has 0 amide bonds. The number of ether oxygens (including phenoxy) is 1. The first-order valence-electron chi connectivity index (χ1n) is 8.93. The zero-order valence-electron chi connectivity index (χ0n) is 15.6. The molecule has 1 heterocycles. The molecule has 1 N–H and O–H groups in total. The van der Waals surface area contributed by atoms with Gasteiger partial charge in [-0.15, -0.1) is 12.4 Å². The zero-order valence-corrected chi connectivity index (χ0v) is 17.9. The van der Waals surface area contributed by atoms with Crippen molar-refractivity contribution in [3.63, 3.8) is 0 Å². The van der Waals surface area contributed by atoms with Gasteiger partial charge in [0.25, 0.3) is 0 Å². The highest BCUT2D eigenvalue weighted by molar-refractivity contribution is 6.32. The van der Waals surface area contributed by atoms with Gasteiger partial charge >= 0.3 is 5.97 Å². The fourth-order valence-corrected chi connectivity index (χ4v) is 3.24. The highest BCUT2D eigenvalue weighted by Gasteiger charge is 2.05. The van der Waals surface area contributed by atoms with Crippen molar-refractivity contribution < 1.29 is 9.53 Å². The zero-order chi connectivity index (χ0) is 19.8. The van der Waals surface area contributed by atoms with Gasteiger partial charge in [0.15, 0.2) is 0 Å². The van der Waals surface area contributed by atoms with E-state index in [-0.39, 0.29) is 41.8 Å². The molecule has 0 aliphatic heterocycles. The smallest absolute Gasteiger partial charge is 0.320 e. The second-order valence-electron chi connectivity index (χ2n) is 6.27. The minimum Gasteiger partial charge on any atom is -0.460 e. The first-order valence-corrected chi connectivity index (χ1v) is 9.68. The van der Waals surface area contributed by atoms with Crippen LogP contribution in [0.25, 0.3) is 11.1 Å². The van der Waals surface area contributed by atoms with E-state index in [0.29, 0.717) is 12.1 Å². The molecule has 0 unspecified atom stereocenters. The maximum Gasteiger partial charge on any atom is 0.320 e. The third-order valence-corrected chi connectivity index (χ3v) is 4.53. The molecule has 0 bridgehead atoms. The van der Waals surface area contributed by atoms with Crippen LogP contribution in [0.4, 0.5) is 0 Å². The van der Waals surface area contributed by atoms with E-state index in [1.165, 1.54) is 16.7 Å². The van der Waals surface area contributed by atoms with Gasteiger partial charge in [0, 0.05) is 0 Å². The van der Waals surface area contributed by atoms with Gasteiger partial charge in [-0.05, 0) is 47.4 Å². The van der Waals surface area contributed by atoms with Crippen molar-refractivity contribution in [2.24, 2.45) is 0 Å². The van der Waals surface area contributed by atoms with Gasteiger partial charge in [-0.25, -0.2) is 4.98 Å². The average molecular weight is 452 g/mol. The number of carbonyl (C=O) groups is 1. The van der Waals surface area contributed by atoms with Crippen LogP contribution in [0.2, 0.25) is 10.3 Å². The normalized spacial score (nSPS) is 10.3. The lowest BCUT2D eigenvalue weighted by Gasteiger charge is -2.08. The molecule has 152 valence electrons. The van der Waals surface area contributed by atoms with Gasteiger partial charge in [-0.2, -0.15) is 0 Å². The van der Waals surface area contributed by atoms with Crippen LogP contribution < -0.4 is 5.32 Å². The maximum absolute atomic E-state index is 11.8. The number of carbonyl (C=O) groups excluding carboxylic acids is 1. The number of esters is 1. The molecule has 0 aliphatic carbocycles. The fraction of sp³-hybridized carbons (Fsp3) is 0.182. The van der Waals surface area contributed by atoms with E-state index in [0.717, 1.165) is 6.42 Å². The predicted octanol–water partition coefficient (Wildman–Crippen LogP) is 5.35. The van der Waals surface area contributed by atoms with E-state index < -0.39 is 0 Å². The Morgan fingerprint density at radius 1 is 0.897 bits per heavy atom. The minimum atomic E-state index is -0.330. The molecule has 0 spiro atoms. The van der Waals surface area contributed by atoms with E-state index in [9.17, 15) is 4.79 Å². The summed E-state index contributed by atoms with van der Waals surface area (Å²) in [7, 11) is 0. The van der Waals surface area contributed by atoms with Crippen molar-refractivity contribution in [1.82, 2.24) is 10.3 Å². The van der Waals surface area contributed by atoms with Crippen LogP contribution >= 0.6 is 35.6 Å². The molecule has 3 aromatic rings. The molecular formula is C22H21Cl3N2O2. The second-order valence-corrected chi connectivity index (χ2v) is 7.05. The number of hydrogen-bond acceptors (Lipinski definition) is 4. The van der Waals surface area contributed by atoms with Crippen molar-refractivity contribution in [1.29, 1.82) is 0 Å². The second kappa shape index (κ2) is 11.8. The van der Waals surface area contributed by atoms with Crippen LogP contribution in [0.15, 0.2) is 66.7 Å². The van der Waals surface area contributed by atoms with Crippen LogP contribution in [-0.4, -0.2) is 24.0 Å². The maximum atomic E-state index is 11.8. The number of rotatable bonds is 8. The number of nitrogens with one attached hydrogen (secondary N) is 1. The van der Waals surface area contributed by atoms with E-state index >= 15 is 0 Å². The summed E-state index contributed by atoms with van der Waals surface area (Å²) in [6.45, 7) is 0.949. The molecule has 3 rings (SSSR count). The van der Waals surface area contributed by atoms with Gasteiger partial charge in [-0.3, -0.25) is 4.79 Å². The number of aromatic nitrogens is 1. The summed E-state index contributed by atoms with van der Waals surface area (Å²) in [6.07, 6.45) is 0.831. The Bertz CT molecular complexity index is 899. The van der Waals surface area contributed by atoms with E-state index in [4.69, 9.17) is 27.9 Å². The highest BCUT2D eigenvalue weighted by atomic mass is 35.5. The molecule has 0 aliphatic rings. The van der Waals surface area contributed by atoms with Crippen molar-refractivity contribution in [2.75, 3.05) is 13.1 Å². The van der Waals surface area contributed by atoms with Gasteiger partial charge in [0.2, 0.25) is 0 Å². The third-order valence-electron chi connectivity index (χ3n) is 4.14. The molecule has 0 fully saturated rings. The standard InChI is InChI=1S/C22H20Cl2N2O2.ClH/c23-20-12-17(13-21(24)26-20)15-28-22(27)14-25-11-10-16-6-8-19(9-7-16)18-4-2-1-3-5-18;/h1-9,12-13,25H,10-11,14-15H2;1H. The Labute approximate surface area is 186 Å². The molecule has 4 nitrogen and oxygen atoms in total. The number of hydrogen-bond donors (Lipinski definition) is 1. The number of halogens is 3. The van der Waals surface area contributed by atoms with Crippen LogP contribution in [-0.2, 0) is 22.6 Å². The number of benzene rings is 2. The molecule has 0 atom stereocenters. The van der Waals surface area contributed by atoms with Gasteiger partial charge in [-0.1, -0.05) is 77.8 Å². The molecule has 29 heavy (non-hydrogen) atoms. The van der Waals surface area contributed by atoms with Crippen molar-refractivity contribution in [2.45, 2.75) is 13.0 Å². The number of nitrogens with zero attached hydrogens (tertiary/aromatic N) is 1. The Morgan fingerprint density at radius 2 is 1.52 bits per heavy atom. The van der Waals surface area contributed by atoms with Gasteiger partial charge < -0.3 is 10.1 Å². The van der Waals surface area contributed by atoms with E-state index in [1.54, 1.807) is 12.1 Å². The summed E-state index contributed by atoms with van der Waals surface area (Å²) in [5.74, 6) is -0.330. The molecule has 0 saturated carbocycles. The lowest BCUT2D eigenvalue weighted by Crippen LogP contribution is -2.26. The average Bonchev–Trinajstić information content (AvgIpc) is 2.70. The Hall–Kier alpha value is -2.11. The monoisotopic (exact) mass is 450 g/mol. The van der Waals surface area contributed by atoms with E-state index in [1.807, 2.05) is 18.2 Å². The summed E-state index contributed by atoms with van der Waals surface area (Å²) in [6, 6.07) is 21.9. The summed E-state index contributed by atoms with van der Waals surface area (Å²) in [5, 5.41) is 3.65. The highest BCUT2D eigenvalue weighted by Crippen LogP contribution is 2.19. The first-order chi connectivity index (χ1) is 13.6. The largest absolute Gasteiger partial charge is 0.460 e. The summed E-state index contributed by atoms with van der Waals surface area (Å²) < 4.78 is 5.21. The first kappa shape index (κ1) is 23.2. The quantitative estimate of drug-likeness (QED) is 0.285. The SMILES string of the molecule is Cl.O=C(CNCCc1ccc(-c2ccccc2)cc1)OCc1cc(Cl)nc(Cl)c1. The van der Waals surface area contributed by atoms with Crippen molar-refractivity contribution in [3.05, 3.63) is 88.2 Å². The topological polar surface area (TPSA) is 51.2 Å². The van der Waals surface area contributed by atoms with Crippen LogP contribution in [0.5, 0.6) is 0 Å². The Kier molecular flexibility index (Phi) is 9.42. The summed E-state index contributed by atoms with van der Waals surface area (Å²) in [5.41, 5.74) is 4.31. The lowest BCUT2D eigenvalue weighted by atomic mass is 10.0. The molecular weight excluding hydrogens is 431 g/mol. The van der Waals surface area contributed by atoms with Crippen LogP contribution in [0.3, 0.4) is 0 Å². The summed E-state index contributed by atoms with van der Waals surface area (Å²) >= 11 is 11.6. The predicted molar refractivity (Wildman–Crippen MR) is 120 cm³/mol.